The molecule has 4 heteroatoms. The number of nitrogens with zero attached hydrogens (tertiary/aromatic N) is 2. The highest BCUT2D eigenvalue weighted by molar-refractivity contribution is 6.07. The predicted octanol–water partition coefficient (Wildman–Crippen LogP) is 1.74. The summed E-state index contributed by atoms with van der Waals surface area (Å²) < 4.78 is 0. The maximum absolute atomic E-state index is 12.5. The van der Waals surface area contributed by atoms with Crippen LogP contribution in [-0.2, 0) is 13.0 Å². The van der Waals surface area contributed by atoms with Crippen molar-refractivity contribution in [1.82, 2.24) is 4.98 Å². The highest BCUT2D eigenvalue weighted by Gasteiger charge is 2.25. The Kier molecular flexibility index (Phi) is 3.01. The van der Waals surface area contributed by atoms with E-state index in [0.717, 1.165) is 24.3 Å². The first-order valence-electron chi connectivity index (χ1n) is 6.34. The third kappa shape index (κ3) is 2.11. The average Bonchev–Trinajstić information content (AvgIpc) is 2.90. The molecule has 1 aromatic carbocycles. The van der Waals surface area contributed by atoms with Crippen LogP contribution < -0.4 is 10.6 Å². The summed E-state index contributed by atoms with van der Waals surface area (Å²) in [6.07, 6.45) is 2.55. The zero-order valence-electron chi connectivity index (χ0n) is 10.5. The Hall–Kier alpha value is -2.20. The lowest BCUT2D eigenvalue weighted by Gasteiger charge is -2.17. The van der Waals surface area contributed by atoms with E-state index in [4.69, 9.17) is 5.73 Å². The molecule has 0 bridgehead atoms. The van der Waals surface area contributed by atoms with E-state index >= 15 is 0 Å². The van der Waals surface area contributed by atoms with Crippen LogP contribution in [0.15, 0.2) is 42.6 Å². The number of carbonyl (C=O) groups is 1. The summed E-state index contributed by atoms with van der Waals surface area (Å²) in [6, 6.07) is 11.5. The van der Waals surface area contributed by atoms with Crippen LogP contribution in [0.4, 0.5) is 5.69 Å². The molecule has 1 amide bonds. The van der Waals surface area contributed by atoms with Gasteiger partial charge in [-0.3, -0.25) is 9.78 Å². The second-order valence-electron chi connectivity index (χ2n) is 4.58. The van der Waals surface area contributed by atoms with E-state index in [1.807, 2.05) is 23.1 Å². The Morgan fingerprint density at radius 3 is 3.00 bits per heavy atom. The monoisotopic (exact) mass is 253 g/mol. The summed E-state index contributed by atoms with van der Waals surface area (Å²) in [7, 11) is 0. The van der Waals surface area contributed by atoms with Gasteiger partial charge in [-0.15, -0.1) is 0 Å². The van der Waals surface area contributed by atoms with E-state index in [-0.39, 0.29) is 5.91 Å². The van der Waals surface area contributed by atoms with Crippen LogP contribution in [0.2, 0.25) is 0 Å². The maximum atomic E-state index is 12.5. The van der Waals surface area contributed by atoms with Gasteiger partial charge in [0.15, 0.2) is 0 Å². The smallest absolute Gasteiger partial charge is 0.258 e. The number of rotatable bonds is 2. The lowest BCUT2D eigenvalue weighted by Crippen LogP contribution is -2.29. The second-order valence-corrected chi connectivity index (χ2v) is 4.58. The number of benzene rings is 1. The third-order valence-corrected chi connectivity index (χ3v) is 3.40. The molecule has 1 aliphatic rings. The Balaban J connectivity index is 1.93. The van der Waals surface area contributed by atoms with Crippen molar-refractivity contribution < 1.29 is 4.79 Å². The topological polar surface area (TPSA) is 59.2 Å². The molecule has 0 saturated carbocycles. The Bertz CT molecular complexity index is 624. The first kappa shape index (κ1) is 11.9. The molecule has 96 valence electrons. The van der Waals surface area contributed by atoms with Crippen LogP contribution in [0.1, 0.15) is 21.6 Å². The standard InChI is InChI=1S/C15H15N3O/c16-10-13-9-12(5-7-17-13)15(19)18-8-6-11-3-1-2-4-14(11)18/h1-5,7,9H,6,8,10,16H2. The molecular weight excluding hydrogens is 238 g/mol. The van der Waals surface area contributed by atoms with Gasteiger partial charge in [-0.05, 0) is 30.2 Å². The van der Waals surface area contributed by atoms with Gasteiger partial charge in [0.25, 0.3) is 5.91 Å². The van der Waals surface area contributed by atoms with E-state index in [2.05, 4.69) is 11.1 Å². The fourth-order valence-electron chi connectivity index (χ4n) is 2.43. The summed E-state index contributed by atoms with van der Waals surface area (Å²) in [4.78, 5) is 18.5. The Morgan fingerprint density at radius 1 is 1.32 bits per heavy atom. The summed E-state index contributed by atoms with van der Waals surface area (Å²) in [6.45, 7) is 1.08. The van der Waals surface area contributed by atoms with Crippen LogP contribution in [0, 0.1) is 0 Å². The summed E-state index contributed by atoms with van der Waals surface area (Å²) in [5.74, 6) is 0.0158. The molecule has 0 unspecified atom stereocenters. The number of pyridine rings is 1. The van der Waals surface area contributed by atoms with E-state index < -0.39 is 0 Å². The molecular formula is C15H15N3O. The normalized spacial score (nSPS) is 13.4. The molecule has 1 aliphatic heterocycles. The van der Waals surface area contributed by atoms with Gasteiger partial charge in [0, 0.05) is 30.5 Å². The molecule has 0 atom stereocenters. The van der Waals surface area contributed by atoms with Crippen molar-refractivity contribution in [2.24, 2.45) is 5.73 Å². The van der Waals surface area contributed by atoms with Crippen molar-refractivity contribution in [3.8, 4) is 0 Å². The number of para-hydroxylation sites is 1. The zero-order chi connectivity index (χ0) is 13.2. The zero-order valence-corrected chi connectivity index (χ0v) is 10.5. The molecule has 0 saturated heterocycles. The van der Waals surface area contributed by atoms with Crippen molar-refractivity contribution in [2.75, 3.05) is 11.4 Å². The van der Waals surface area contributed by atoms with Gasteiger partial charge < -0.3 is 10.6 Å². The van der Waals surface area contributed by atoms with Gasteiger partial charge in [-0.1, -0.05) is 18.2 Å². The number of carbonyl (C=O) groups excluding carboxylic acids is 1. The largest absolute Gasteiger partial charge is 0.325 e. The fourth-order valence-corrected chi connectivity index (χ4v) is 2.43. The number of aromatic nitrogens is 1. The van der Waals surface area contributed by atoms with Gasteiger partial charge in [-0.2, -0.15) is 0 Å². The lowest BCUT2D eigenvalue weighted by atomic mass is 10.1. The van der Waals surface area contributed by atoms with Gasteiger partial charge in [0.05, 0.1) is 5.69 Å². The lowest BCUT2D eigenvalue weighted by molar-refractivity contribution is 0.0989. The third-order valence-electron chi connectivity index (χ3n) is 3.40. The van der Waals surface area contributed by atoms with Crippen LogP contribution in [0.5, 0.6) is 0 Å². The second kappa shape index (κ2) is 4.82. The minimum Gasteiger partial charge on any atom is -0.325 e. The molecule has 0 radical (unpaired) electrons. The maximum Gasteiger partial charge on any atom is 0.258 e. The van der Waals surface area contributed by atoms with Crippen LogP contribution in [0.3, 0.4) is 0 Å². The first-order chi connectivity index (χ1) is 9.29. The van der Waals surface area contributed by atoms with Crippen molar-refractivity contribution in [1.29, 1.82) is 0 Å². The Morgan fingerprint density at radius 2 is 2.16 bits per heavy atom. The molecule has 2 aromatic rings. The molecule has 0 spiro atoms. The number of fused-ring (bicyclic) bond motifs is 1. The van der Waals surface area contributed by atoms with Gasteiger partial charge >= 0.3 is 0 Å². The minimum atomic E-state index is 0.0158. The van der Waals surface area contributed by atoms with E-state index in [1.54, 1.807) is 18.3 Å². The van der Waals surface area contributed by atoms with Crippen molar-refractivity contribution in [3.05, 3.63) is 59.4 Å². The SMILES string of the molecule is NCc1cc(C(=O)N2CCc3ccccc32)ccn1. The van der Waals surface area contributed by atoms with Gasteiger partial charge in [0.2, 0.25) is 0 Å². The number of amides is 1. The number of anilines is 1. The Labute approximate surface area is 111 Å². The molecule has 19 heavy (non-hydrogen) atoms. The molecule has 4 nitrogen and oxygen atoms in total. The average molecular weight is 253 g/mol. The van der Waals surface area contributed by atoms with Crippen LogP contribution in [-0.4, -0.2) is 17.4 Å². The molecule has 2 N–H and O–H groups in total. The number of nitrogens with two attached hydrogens (primary N) is 1. The van der Waals surface area contributed by atoms with Gasteiger partial charge in [-0.25, -0.2) is 0 Å². The quantitative estimate of drug-likeness (QED) is 0.887. The van der Waals surface area contributed by atoms with Gasteiger partial charge in [0.1, 0.15) is 0 Å². The molecule has 0 aliphatic carbocycles. The van der Waals surface area contributed by atoms with E-state index in [9.17, 15) is 4.79 Å². The molecule has 3 rings (SSSR count). The van der Waals surface area contributed by atoms with Crippen molar-refractivity contribution >= 4 is 11.6 Å². The molecule has 2 heterocycles. The molecule has 1 aromatic heterocycles. The first-order valence-corrected chi connectivity index (χ1v) is 6.34. The van der Waals surface area contributed by atoms with Crippen LogP contribution >= 0.6 is 0 Å². The van der Waals surface area contributed by atoms with Crippen LogP contribution in [0.25, 0.3) is 0 Å². The summed E-state index contributed by atoms with van der Waals surface area (Å²) in [5.41, 5.74) is 9.18. The number of hydrogen-bond acceptors (Lipinski definition) is 3. The van der Waals surface area contributed by atoms with Crippen molar-refractivity contribution in [2.45, 2.75) is 13.0 Å². The summed E-state index contributed by atoms with van der Waals surface area (Å²) >= 11 is 0. The fraction of sp³-hybridized carbons (Fsp3) is 0.200. The number of hydrogen-bond donors (Lipinski definition) is 1. The highest BCUT2D eigenvalue weighted by Crippen LogP contribution is 2.28. The van der Waals surface area contributed by atoms with Crippen molar-refractivity contribution in [3.63, 3.8) is 0 Å². The highest BCUT2D eigenvalue weighted by atomic mass is 16.2. The van der Waals surface area contributed by atoms with E-state index in [1.165, 1.54) is 5.56 Å². The summed E-state index contributed by atoms with van der Waals surface area (Å²) in [5, 5.41) is 0. The minimum absolute atomic E-state index is 0.0158. The predicted molar refractivity (Wildman–Crippen MR) is 74.0 cm³/mol. The molecule has 0 fully saturated rings. The van der Waals surface area contributed by atoms with E-state index in [0.29, 0.717) is 12.1 Å².